The lowest BCUT2D eigenvalue weighted by Gasteiger charge is -2.22. The Morgan fingerprint density at radius 3 is 2.95 bits per heavy atom. The molecule has 1 unspecified atom stereocenters. The van der Waals surface area contributed by atoms with Gasteiger partial charge in [-0.15, -0.1) is 0 Å². The summed E-state index contributed by atoms with van der Waals surface area (Å²) in [5.41, 5.74) is 2.44. The van der Waals surface area contributed by atoms with E-state index in [0.29, 0.717) is 12.1 Å². The normalized spacial score (nSPS) is 17.2. The lowest BCUT2D eigenvalue weighted by Crippen LogP contribution is -2.21. The Labute approximate surface area is 115 Å². The minimum absolute atomic E-state index is 0.105. The summed E-state index contributed by atoms with van der Waals surface area (Å²) in [6, 6.07) is 5.70. The number of methoxy groups -OCH3 is 1. The molecule has 20 heavy (non-hydrogen) atoms. The predicted molar refractivity (Wildman–Crippen MR) is 72.6 cm³/mol. The molecule has 0 aliphatic carbocycles. The molecule has 2 heterocycles. The zero-order valence-electron chi connectivity index (χ0n) is 11.1. The van der Waals surface area contributed by atoms with Crippen LogP contribution in [0, 0.1) is 5.92 Å². The van der Waals surface area contributed by atoms with Crippen LogP contribution in [0.2, 0.25) is 0 Å². The van der Waals surface area contributed by atoms with Gasteiger partial charge in [0.2, 0.25) is 0 Å². The third kappa shape index (κ3) is 1.82. The average molecular weight is 273 g/mol. The third-order valence-electron chi connectivity index (χ3n) is 3.82. The summed E-state index contributed by atoms with van der Waals surface area (Å²) in [6.07, 6.45) is 2.47. The topological polar surface area (TPSA) is 68.5 Å². The van der Waals surface area contributed by atoms with E-state index in [4.69, 9.17) is 0 Å². The molecular weight excluding hydrogens is 258 g/mol. The van der Waals surface area contributed by atoms with Gasteiger partial charge in [0.15, 0.2) is 0 Å². The van der Waals surface area contributed by atoms with Crippen molar-refractivity contribution in [2.45, 2.75) is 13.0 Å². The number of hydrogen-bond donors (Lipinski definition) is 1. The van der Waals surface area contributed by atoms with Crippen molar-refractivity contribution < 1.29 is 19.4 Å². The standard InChI is InChI=1S/C15H15NO4/c1-20-15(19)14(18)12-7-16-6-9(8-17)5-10-3-2-4-11(12)13(10)16/h2-4,7,9,17H,5-6,8H2,1H3. The van der Waals surface area contributed by atoms with Crippen molar-refractivity contribution in [3.63, 3.8) is 0 Å². The number of rotatable bonds is 3. The highest BCUT2D eigenvalue weighted by Crippen LogP contribution is 2.31. The number of ether oxygens (including phenoxy) is 1. The summed E-state index contributed by atoms with van der Waals surface area (Å²) < 4.78 is 6.46. The van der Waals surface area contributed by atoms with Crippen LogP contribution in [0.4, 0.5) is 0 Å². The van der Waals surface area contributed by atoms with E-state index in [1.165, 1.54) is 7.11 Å². The van der Waals surface area contributed by atoms with Crippen molar-refractivity contribution in [1.29, 1.82) is 0 Å². The first-order valence-electron chi connectivity index (χ1n) is 6.50. The number of aliphatic hydroxyl groups is 1. The van der Waals surface area contributed by atoms with Crippen molar-refractivity contribution in [2.75, 3.05) is 13.7 Å². The molecule has 2 aromatic rings. The number of carbonyl (C=O) groups is 2. The van der Waals surface area contributed by atoms with E-state index in [-0.39, 0.29) is 12.5 Å². The summed E-state index contributed by atoms with van der Waals surface area (Å²) in [5.74, 6) is -1.34. The van der Waals surface area contributed by atoms with Gasteiger partial charge < -0.3 is 14.4 Å². The van der Waals surface area contributed by atoms with Crippen molar-refractivity contribution in [3.8, 4) is 0 Å². The van der Waals surface area contributed by atoms with Crippen LogP contribution in [0.5, 0.6) is 0 Å². The van der Waals surface area contributed by atoms with E-state index >= 15 is 0 Å². The monoisotopic (exact) mass is 273 g/mol. The van der Waals surface area contributed by atoms with E-state index < -0.39 is 11.8 Å². The summed E-state index contributed by atoms with van der Waals surface area (Å²) in [7, 11) is 1.20. The molecule has 1 aromatic heterocycles. The number of ketones is 1. The van der Waals surface area contributed by atoms with E-state index in [2.05, 4.69) is 4.74 Å². The number of benzene rings is 1. The highest BCUT2D eigenvalue weighted by atomic mass is 16.5. The maximum Gasteiger partial charge on any atom is 0.379 e. The first kappa shape index (κ1) is 12.9. The molecule has 0 saturated heterocycles. The lowest BCUT2D eigenvalue weighted by molar-refractivity contribution is -0.135. The Morgan fingerprint density at radius 1 is 1.45 bits per heavy atom. The van der Waals surface area contributed by atoms with Gasteiger partial charge >= 0.3 is 5.97 Å². The molecular formula is C15H15NO4. The Hall–Kier alpha value is -2.14. The Bertz CT molecular complexity index is 701. The number of hydrogen-bond acceptors (Lipinski definition) is 4. The molecule has 1 aliphatic heterocycles. The van der Waals surface area contributed by atoms with Gasteiger partial charge in [-0.3, -0.25) is 4.79 Å². The van der Waals surface area contributed by atoms with Crippen LogP contribution >= 0.6 is 0 Å². The number of aliphatic hydroxyl groups excluding tert-OH is 1. The maximum atomic E-state index is 12.1. The molecule has 0 fully saturated rings. The van der Waals surface area contributed by atoms with Crippen LogP contribution in [-0.4, -0.2) is 35.1 Å². The minimum Gasteiger partial charge on any atom is -0.463 e. The largest absolute Gasteiger partial charge is 0.463 e. The SMILES string of the molecule is COC(=O)C(=O)c1cn2c3c(cccc13)CC(CO)C2. The van der Waals surface area contributed by atoms with E-state index in [1.54, 1.807) is 6.20 Å². The van der Waals surface area contributed by atoms with Gasteiger partial charge in [0.1, 0.15) is 0 Å². The van der Waals surface area contributed by atoms with Crippen LogP contribution in [-0.2, 0) is 22.5 Å². The molecule has 5 nitrogen and oxygen atoms in total. The fourth-order valence-corrected chi connectivity index (χ4v) is 2.91. The van der Waals surface area contributed by atoms with Gasteiger partial charge in [0, 0.05) is 30.7 Å². The summed E-state index contributed by atoms with van der Waals surface area (Å²) in [6.45, 7) is 0.757. The highest BCUT2D eigenvalue weighted by Gasteiger charge is 2.26. The number of Topliss-reactive ketones (excluding diaryl/α,β-unsaturated/α-hetero) is 1. The molecule has 3 rings (SSSR count). The van der Waals surface area contributed by atoms with Gasteiger partial charge in [-0.25, -0.2) is 4.79 Å². The van der Waals surface area contributed by atoms with E-state index in [9.17, 15) is 14.7 Å². The quantitative estimate of drug-likeness (QED) is 0.517. The molecule has 1 N–H and O–H groups in total. The summed E-state index contributed by atoms with van der Waals surface area (Å²) >= 11 is 0. The molecule has 104 valence electrons. The molecule has 0 bridgehead atoms. The molecule has 1 aliphatic rings. The van der Waals surface area contributed by atoms with Gasteiger partial charge in [0.05, 0.1) is 18.2 Å². The fourth-order valence-electron chi connectivity index (χ4n) is 2.91. The van der Waals surface area contributed by atoms with Gasteiger partial charge in [-0.2, -0.15) is 0 Å². The molecule has 5 heteroatoms. The Kier molecular flexibility index (Phi) is 3.06. The number of nitrogens with zero attached hydrogens (tertiary/aromatic N) is 1. The van der Waals surface area contributed by atoms with Gasteiger partial charge in [0.25, 0.3) is 5.78 Å². The van der Waals surface area contributed by atoms with E-state index in [1.807, 2.05) is 22.8 Å². The predicted octanol–water partition coefficient (Wildman–Crippen LogP) is 1.16. The highest BCUT2D eigenvalue weighted by molar-refractivity contribution is 6.43. The van der Waals surface area contributed by atoms with E-state index in [0.717, 1.165) is 22.9 Å². The van der Waals surface area contributed by atoms with Gasteiger partial charge in [-0.05, 0) is 12.0 Å². The van der Waals surface area contributed by atoms with Crippen molar-refractivity contribution in [3.05, 3.63) is 35.5 Å². The van der Waals surface area contributed by atoms with Crippen molar-refractivity contribution in [1.82, 2.24) is 4.57 Å². The van der Waals surface area contributed by atoms with Crippen LogP contribution in [0.15, 0.2) is 24.4 Å². The molecule has 1 atom stereocenters. The number of aromatic nitrogens is 1. The first-order valence-corrected chi connectivity index (χ1v) is 6.50. The summed E-state index contributed by atoms with van der Waals surface area (Å²) in [5, 5.41) is 10.1. The average Bonchev–Trinajstić information content (AvgIpc) is 2.86. The number of para-hydroxylation sites is 1. The molecule has 0 radical (unpaired) electrons. The second-order valence-corrected chi connectivity index (χ2v) is 5.08. The Balaban J connectivity index is 2.17. The third-order valence-corrected chi connectivity index (χ3v) is 3.82. The fraction of sp³-hybridized carbons (Fsp3) is 0.333. The second kappa shape index (κ2) is 4.76. The number of carbonyl (C=O) groups excluding carboxylic acids is 2. The number of esters is 1. The zero-order chi connectivity index (χ0) is 14.3. The zero-order valence-corrected chi connectivity index (χ0v) is 11.1. The molecule has 0 amide bonds. The minimum atomic E-state index is -0.854. The van der Waals surface area contributed by atoms with Crippen molar-refractivity contribution in [2.24, 2.45) is 5.92 Å². The Morgan fingerprint density at radius 2 is 2.25 bits per heavy atom. The van der Waals surface area contributed by atoms with Crippen molar-refractivity contribution >= 4 is 22.7 Å². The van der Waals surface area contributed by atoms with Crippen LogP contribution in [0.1, 0.15) is 15.9 Å². The summed E-state index contributed by atoms with van der Waals surface area (Å²) in [4.78, 5) is 23.5. The van der Waals surface area contributed by atoms with Crippen LogP contribution < -0.4 is 0 Å². The van der Waals surface area contributed by atoms with Gasteiger partial charge in [-0.1, -0.05) is 18.2 Å². The maximum absolute atomic E-state index is 12.1. The smallest absolute Gasteiger partial charge is 0.379 e. The lowest BCUT2D eigenvalue weighted by atomic mass is 9.94. The molecule has 0 spiro atoms. The van der Waals surface area contributed by atoms with Crippen LogP contribution in [0.3, 0.4) is 0 Å². The second-order valence-electron chi connectivity index (χ2n) is 5.08. The molecule has 1 aromatic carbocycles. The van der Waals surface area contributed by atoms with Crippen LogP contribution in [0.25, 0.3) is 10.9 Å². The first-order chi connectivity index (χ1) is 9.65. The molecule has 0 saturated carbocycles.